The third-order valence-corrected chi connectivity index (χ3v) is 1.73. The fourth-order valence-electron chi connectivity index (χ4n) is 1.10. The number of nitrogens with two attached hydrogens (primary N) is 1. The summed E-state index contributed by atoms with van der Waals surface area (Å²) in [5.74, 6) is 4.85. The molecular formula is C10H7F3N4. The molecular weight excluding hydrogens is 233 g/mol. The summed E-state index contributed by atoms with van der Waals surface area (Å²) in [4.78, 5) is 2.46. The smallest absolute Gasteiger partial charge is 0.399 e. The number of alkyl halides is 3. The Bertz CT molecular complexity index is 519. The number of nitrogens with zero attached hydrogens (tertiary/aromatic N) is 3. The van der Waals surface area contributed by atoms with Gasteiger partial charge in [0.2, 0.25) is 0 Å². The zero-order valence-electron chi connectivity index (χ0n) is 8.49. The fraction of sp³-hybridized carbons (Fsp3) is 0.200. The molecule has 0 aromatic heterocycles. The first-order valence-electron chi connectivity index (χ1n) is 4.41. The van der Waals surface area contributed by atoms with Crippen molar-refractivity contribution < 1.29 is 13.2 Å². The molecule has 0 bridgehead atoms. The summed E-state index contributed by atoms with van der Waals surface area (Å²) in [7, 11) is 0. The summed E-state index contributed by atoms with van der Waals surface area (Å²) in [5.41, 5.74) is 12.6. The lowest BCUT2D eigenvalue weighted by atomic mass is 10.1. The molecule has 88 valence electrons. The monoisotopic (exact) mass is 240 g/mol. The number of halogens is 3. The van der Waals surface area contributed by atoms with Gasteiger partial charge < -0.3 is 5.73 Å². The molecule has 0 aliphatic carbocycles. The third-order valence-electron chi connectivity index (χ3n) is 1.73. The maximum Gasteiger partial charge on any atom is 0.416 e. The molecule has 7 heteroatoms. The number of azide groups is 1. The van der Waals surface area contributed by atoms with E-state index in [9.17, 15) is 13.2 Å². The molecule has 0 radical (unpaired) electrons. The standard InChI is InChI=1S/C10H7F3N4/c11-10(12,13)8-4-7(5-9(14)6-8)2-1-3-16-17-15/h4-6H,3,14H2. The number of hydrogen-bond acceptors (Lipinski definition) is 2. The van der Waals surface area contributed by atoms with Crippen LogP contribution in [0.4, 0.5) is 18.9 Å². The first-order chi connectivity index (χ1) is 7.93. The van der Waals surface area contributed by atoms with Crippen LogP contribution in [-0.4, -0.2) is 6.54 Å². The normalized spacial score (nSPS) is 10.1. The Morgan fingerprint density at radius 3 is 2.65 bits per heavy atom. The summed E-state index contributed by atoms with van der Waals surface area (Å²) in [5, 5.41) is 3.13. The average molecular weight is 240 g/mol. The van der Waals surface area contributed by atoms with Crippen LogP contribution in [0.15, 0.2) is 23.3 Å². The maximum absolute atomic E-state index is 12.4. The highest BCUT2D eigenvalue weighted by molar-refractivity contribution is 5.51. The van der Waals surface area contributed by atoms with Crippen LogP contribution in [-0.2, 0) is 6.18 Å². The van der Waals surface area contributed by atoms with E-state index in [0.717, 1.165) is 12.1 Å². The molecule has 4 nitrogen and oxygen atoms in total. The summed E-state index contributed by atoms with van der Waals surface area (Å²) >= 11 is 0. The highest BCUT2D eigenvalue weighted by Gasteiger charge is 2.30. The highest BCUT2D eigenvalue weighted by atomic mass is 19.4. The highest BCUT2D eigenvalue weighted by Crippen LogP contribution is 2.31. The van der Waals surface area contributed by atoms with Gasteiger partial charge in [0.15, 0.2) is 0 Å². The first kappa shape index (κ1) is 12.7. The van der Waals surface area contributed by atoms with Gasteiger partial charge >= 0.3 is 6.18 Å². The van der Waals surface area contributed by atoms with Crippen molar-refractivity contribution in [1.82, 2.24) is 0 Å². The van der Waals surface area contributed by atoms with Gasteiger partial charge in [0.25, 0.3) is 0 Å². The van der Waals surface area contributed by atoms with Crippen LogP contribution >= 0.6 is 0 Å². The van der Waals surface area contributed by atoms with Crippen molar-refractivity contribution >= 4 is 5.69 Å². The Morgan fingerprint density at radius 1 is 1.35 bits per heavy atom. The van der Waals surface area contributed by atoms with Crippen molar-refractivity contribution in [1.29, 1.82) is 0 Å². The predicted octanol–water partition coefficient (Wildman–Crippen LogP) is 2.95. The molecule has 1 aromatic rings. The molecule has 1 rings (SSSR count). The summed E-state index contributed by atoms with van der Waals surface area (Å²) < 4.78 is 37.3. The second kappa shape index (κ2) is 5.14. The zero-order chi connectivity index (χ0) is 12.9. The lowest BCUT2D eigenvalue weighted by Crippen LogP contribution is -2.06. The summed E-state index contributed by atoms with van der Waals surface area (Å²) in [6.45, 7) is -0.105. The first-order valence-corrected chi connectivity index (χ1v) is 4.41. The van der Waals surface area contributed by atoms with E-state index in [1.54, 1.807) is 0 Å². The van der Waals surface area contributed by atoms with Crippen LogP contribution in [0.25, 0.3) is 10.4 Å². The average Bonchev–Trinajstić information content (AvgIpc) is 2.22. The molecule has 0 aliphatic heterocycles. The zero-order valence-corrected chi connectivity index (χ0v) is 8.49. The van der Waals surface area contributed by atoms with Gasteiger partial charge in [0.1, 0.15) is 0 Å². The number of hydrogen-bond donors (Lipinski definition) is 1. The van der Waals surface area contributed by atoms with Gasteiger partial charge in [-0.05, 0) is 23.7 Å². The minimum absolute atomic E-state index is 0.0205. The van der Waals surface area contributed by atoms with E-state index in [0.29, 0.717) is 0 Å². The quantitative estimate of drug-likeness (QED) is 0.264. The van der Waals surface area contributed by atoms with Crippen LogP contribution in [0.1, 0.15) is 11.1 Å². The molecule has 0 saturated carbocycles. The van der Waals surface area contributed by atoms with Gasteiger partial charge in [-0.15, -0.1) is 0 Å². The number of rotatable bonds is 1. The van der Waals surface area contributed by atoms with Crippen molar-refractivity contribution in [3.63, 3.8) is 0 Å². The largest absolute Gasteiger partial charge is 0.416 e. The molecule has 0 unspecified atom stereocenters. The Kier molecular flexibility index (Phi) is 3.86. The minimum atomic E-state index is -4.46. The lowest BCUT2D eigenvalue weighted by molar-refractivity contribution is -0.137. The van der Waals surface area contributed by atoms with Crippen LogP contribution in [0, 0.1) is 11.8 Å². The van der Waals surface area contributed by atoms with Crippen LogP contribution in [0.2, 0.25) is 0 Å². The van der Waals surface area contributed by atoms with Crippen LogP contribution in [0.5, 0.6) is 0 Å². The second-order valence-corrected chi connectivity index (χ2v) is 3.03. The molecule has 17 heavy (non-hydrogen) atoms. The van der Waals surface area contributed by atoms with Crippen molar-refractivity contribution in [2.24, 2.45) is 5.11 Å². The van der Waals surface area contributed by atoms with Crippen molar-refractivity contribution in [2.45, 2.75) is 6.18 Å². The topological polar surface area (TPSA) is 74.8 Å². The summed E-state index contributed by atoms with van der Waals surface area (Å²) in [6.07, 6.45) is -4.46. The second-order valence-electron chi connectivity index (χ2n) is 3.03. The molecule has 1 aromatic carbocycles. The molecule has 0 amide bonds. The summed E-state index contributed by atoms with van der Waals surface area (Å²) in [6, 6.07) is 3.04. The molecule has 0 saturated heterocycles. The van der Waals surface area contributed by atoms with Gasteiger partial charge in [0, 0.05) is 16.2 Å². The van der Waals surface area contributed by atoms with E-state index in [-0.39, 0.29) is 17.8 Å². The van der Waals surface area contributed by atoms with Crippen LogP contribution < -0.4 is 5.73 Å². The number of anilines is 1. The molecule has 0 aliphatic rings. The Balaban J connectivity index is 3.04. The molecule has 0 heterocycles. The maximum atomic E-state index is 12.4. The van der Waals surface area contributed by atoms with Crippen molar-refractivity contribution in [2.75, 3.05) is 12.3 Å². The van der Waals surface area contributed by atoms with Gasteiger partial charge in [-0.3, -0.25) is 0 Å². The van der Waals surface area contributed by atoms with Gasteiger partial charge in [-0.1, -0.05) is 17.0 Å². The SMILES string of the molecule is [N-]=[N+]=NCC#Cc1cc(N)cc(C(F)(F)F)c1. The number of benzene rings is 1. The van der Waals surface area contributed by atoms with E-state index < -0.39 is 11.7 Å². The minimum Gasteiger partial charge on any atom is -0.399 e. The third kappa shape index (κ3) is 3.97. The molecule has 0 atom stereocenters. The van der Waals surface area contributed by atoms with Crippen molar-refractivity contribution in [3.8, 4) is 11.8 Å². The molecule has 0 spiro atoms. The Labute approximate surface area is 94.9 Å². The van der Waals surface area contributed by atoms with Crippen molar-refractivity contribution in [3.05, 3.63) is 39.8 Å². The Morgan fingerprint density at radius 2 is 2.06 bits per heavy atom. The fourth-order valence-corrected chi connectivity index (χ4v) is 1.10. The van der Waals surface area contributed by atoms with E-state index >= 15 is 0 Å². The number of nitrogen functional groups attached to an aromatic ring is 1. The van der Waals surface area contributed by atoms with E-state index in [1.165, 1.54) is 6.07 Å². The molecule has 2 N–H and O–H groups in total. The lowest BCUT2D eigenvalue weighted by Gasteiger charge is -2.07. The predicted molar refractivity (Wildman–Crippen MR) is 56.7 cm³/mol. The van der Waals surface area contributed by atoms with Gasteiger partial charge in [0.05, 0.1) is 12.1 Å². The Hall–Kier alpha value is -2.32. The van der Waals surface area contributed by atoms with Crippen LogP contribution in [0.3, 0.4) is 0 Å². The van der Waals surface area contributed by atoms with Gasteiger partial charge in [-0.2, -0.15) is 13.2 Å². The van der Waals surface area contributed by atoms with E-state index in [2.05, 4.69) is 21.9 Å². The molecule has 0 fully saturated rings. The van der Waals surface area contributed by atoms with Gasteiger partial charge in [-0.25, -0.2) is 0 Å². The van der Waals surface area contributed by atoms with E-state index in [1.807, 2.05) is 0 Å². The van der Waals surface area contributed by atoms with E-state index in [4.69, 9.17) is 11.3 Å².